The van der Waals surface area contributed by atoms with E-state index >= 15 is 0 Å². The van der Waals surface area contributed by atoms with E-state index in [4.69, 9.17) is 0 Å². The third-order valence-electron chi connectivity index (χ3n) is 6.58. The van der Waals surface area contributed by atoms with Crippen LogP contribution in [-0.4, -0.2) is 9.97 Å². The Balaban J connectivity index is 1.52. The third-order valence-corrected chi connectivity index (χ3v) is 6.58. The standard InChI is InChI=1S/C31H41FN2/c1-3-5-7-9-10-11-13-15-26-23-33-31(34-24-26)28-19-17-27(18-20-28)29-21-16-25(22-30(29)32)14-12-8-6-4-2/h16-24H,3-15H2,1-2H3. The second-order valence-corrected chi connectivity index (χ2v) is 9.49. The molecule has 0 N–H and O–H groups in total. The van der Waals surface area contributed by atoms with Crippen molar-refractivity contribution in [2.45, 2.75) is 97.3 Å². The lowest BCUT2D eigenvalue weighted by Gasteiger charge is -2.08. The molecule has 0 unspecified atom stereocenters. The van der Waals surface area contributed by atoms with Gasteiger partial charge in [-0.15, -0.1) is 0 Å². The fourth-order valence-corrected chi connectivity index (χ4v) is 4.42. The Morgan fingerprint density at radius 3 is 1.74 bits per heavy atom. The van der Waals surface area contributed by atoms with Gasteiger partial charge in [0.1, 0.15) is 5.82 Å². The summed E-state index contributed by atoms with van der Waals surface area (Å²) in [6, 6.07) is 13.6. The molecule has 0 saturated carbocycles. The third kappa shape index (κ3) is 8.34. The maximum Gasteiger partial charge on any atom is 0.159 e. The lowest BCUT2D eigenvalue weighted by Crippen LogP contribution is -1.94. The van der Waals surface area contributed by atoms with Crippen LogP contribution >= 0.6 is 0 Å². The highest BCUT2D eigenvalue weighted by molar-refractivity contribution is 5.68. The van der Waals surface area contributed by atoms with Gasteiger partial charge in [-0.1, -0.05) is 108 Å². The maximum absolute atomic E-state index is 14.8. The van der Waals surface area contributed by atoms with Crippen LogP contribution in [0.5, 0.6) is 0 Å². The van der Waals surface area contributed by atoms with Gasteiger partial charge in [-0.3, -0.25) is 0 Å². The van der Waals surface area contributed by atoms with E-state index in [0.29, 0.717) is 5.56 Å². The lowest BCUT2D eigenvalue weighted by molar-refractivity contribution is 0.589. The van der Waals surface area contributed by atoms with Crippen molar-refractivity contribution >= 4 is 0 Å². The highest BCUT2D eigenvalue weighted by Crippen LogP contribution is 2.27. The van der Waals surface area contributed by atoms with E-state index in [0.717, 1.165) is 41.8 Å². The molecule has 0 fully saturated rings. The minimum Gasteiger partial charge on any atom is -0.236 e. The number of halogens is 1. The summed E-state index contributed by atoms with van der Waals surface area (Å²) in [6.07, 6.45) is 19.9. The molecule has 0 atom stereocenters. The van der Waals surface area contributed by atoms with E-state index in [9.17, 15) is 4.39 Å². The molecule has 1 aromatic heterocycles. The molecule has 2 nitrogen and oxygen atoms in total. The van der Waals surface area contributed by atoms with Crippen LogP contribution in [0, 0.1) is 5.82 Å². The van der Waals surface area contributed by atoms with Crippen LogP contribution in [0.25, 0.3) is 22.5 Å². The molecule has 34 heavy (non-hydrogen) atoms. The van der Waals surface area contributed by atoms with Gasteiger partial charge in [0.25, 0.3) is 0 Å². The minimum absolute atomic E-state index is 0.147. The molecule has 0 bridgehead atoms. The van der Waals surface area contributed by atoms with Gasteiger partial charge >= 0.3 is 0 Å². The molecule has 182 valence electrons. The van der Waals surface area contributed by atoms with Crippen molar-refractivity contribution in [3.8, 4) is 22.5 Å². The number of hydrogen-bond donors (Lipinski definition) is 0. The SMILES string of the molecule is CCCCCCCCCc1cnc(-c2ccc(-c3ccc(CCCCCC)cc3F)cc2)nc1. The quantitative estimate of drug-likeness (QED) is 0.211. The summed E-state index contributed by atoms with van der Waals surface area (Å²) in [5.41, 5.74) is 4.77. The van der Waals surface area contributed by atoms with Gasteiger partial charge < -0.3 is 0 Å². The normalized spacial score (nSPS) is 11.1. The highest BCUT2D eigenvalue weighted by Gasteiger charge is 2.08. The summed E-state index contributed by atoms with van der Waals surface area (Å²) >= 11 is 0. The van der Waals surface area contributed by atoms with Gasteiger partial charge in [0, 0.05) is 23.5 Å². The predicted molar refractivity (Wildman–Crippen MR) is 142 cm³/mol. The molecule has 1 heterocycles. The fourth-order valence-electron chi connectivity index (χ4n) is 4.42. The van der Waals surface area contributed by atoms with Crippen LogP contribution in [0.1, 0.15) is 95.6 Å². The van der Waals surface area contributed by atoms with Crippen LogP contribution in [0.2, 0.25) is 0 Å². The number of nitrogens with zero attached hydrogens (tertiary/aromatic N) is 2. The second-order valence-electron chi connectivity index (χ2n) is 9.49. The fraction of sp³-hybridized carbons (Fsp3) is 0.484. The van der Waals surface area contributed by atoms with Crippen LogP contribution < -0.4 is 0 Å². The van der Waals surface area contributed by atoms with Crippen molar-refractivity contribution < 1.29 is 4.39 Å². The first-order valence-electron chi connectivity index (χ1n) is 13.4. The van der Waals surface area contributed by atoms with Crippen molar-refractivity contribution in [3.05, 3.63) is 71.8 Å². The zero-order valence-electron chi connectivity index (χ0n) is 21.2. The topological polar surface area (TPSA) is 25.8 Å². The largest absolute Gasteiger partial charge is 0.236 e. The van der Waals surface area contributed by atoms with Crippen LogP contribution in [-0.2, 0) is 12.8 Å². The van der Waals surface area contributed by atoms with E-state index < -0.39 is 0 Å². The predicted octanol–water partition coefficient (Wildman–Crippen LogP) is 9.37. The molecule has 0 spiro atoms. The van der Waals surface area contributed by atoms with E-state index in [-0.39, 0.29) is 5.82 Å². The molecule has 0 aliphatic carbocycles. The molecule has 0 radical (unpaired) electrons. The van der Waals surface area contributed by atoms with Gasteiger partial charge in [0.2, 0.25) is 0 Å². The first-order valence-corrected chi connectivity index (χ1v) is 13.4. The molecule has 0 aliphatic rings. The second kappa shape index (κ2) is 14.7. The Labute approximate surface area is 206 Å². The van der Waals surface area contributed by atoms with Crippen molar-refractivity contribution in [3.63, 3.8) is 0 Å². The lowest BCUT2D eigenvalue weighted by atomic mass is 9.99. The number of unbranched alkanes of at least 4 members (excludes halogenated alkanes) is 9. The monoisotopic (exact) mass is 460 g/mol. The first-order chi connectivity index (χ1) is 16.7. The van der Waals surface area contributed by atoms with Crippen molar-refractivity contribution in [1.29, 1.82) is 0 Å². The number of aromatic nitrogens is 2. The average Bonchev–Trinajstić information content (AvgIpc) is 2.87. The number of benzene rings is 2. The molecular formula is C31H41FN2. The van der Waals surface area contributed by atoms with Crippen LogP contribution in [0.4, 0.5) is 4.39 Å². The van der Waals surface area contributed by atoms with Gasteiger partial charge in [0.05, 0.1) is 0 Å². The van der Waals surface area contributed by atoms with E-state index in [1.165, 1.54) is 69.8 Å². The minimum atomic E-state index is -0.147. The molecule has 2 aromatic carbocycles. The zero-order valence-corrected chi connectivity index (χ0v) is 21.2. The molecular weight excluding hydrogens is 419 g/mol. The summed E-state index contributed by atoms with van der Waals surface area (Å²) < 4.78 is 14.8. The average molecular weight is 461 g/mol. The highest BCUT2D eigenvalue weighted by atomic mass is 19.1. The summed E-state index contributed by atoms with van der Waals surface area (Å²) in [4.78, 5) is 9.15. The van der Waals surface area contributed by atoms with E-state index in [2.05, 4.69) is 29.9 Å². The Morgan fingerprint density at radius 1 is 0.588 bits per heavy atom. The Kier molecular flexibility index (Phi) is 11.2. The van der Waals surface area contributed by atoms with Crippen LogP contribution in [0.3, 0.4) is 0 Å². The Morgan fingerprint density at radius 2 is 1.12 bits per heavy atom. The summed E-state index contributed by atoms with van der Waals surface area (Å²) in [6.45, 7) is 4.46. The van der Waals surface area contributed by atoms with Crippen molar-refractivity contribution in [2.24, 2.45) is 0 Å². The number of aryl methyl sites for hydroxylation is 2. The Hall–Kier alpha value is -2.55. The van der Waals surface area contributed by atoms with Crippen LogP contribution in [0.15, 0.2) is 54.9 Å². The molecule has 3 heteroatoms. The zero-order chi connectivity index (χ0) is 24.0. The van der Waals surface area contributed by atoms with Gasteiger partial charge in [-0.05, 0) is 48.4 Å². The maximum atomic E-state index is 14.8. The van der Waals surface area contributed by atoms with Gasteiger partial charge in [-0.25, -0.2) is 14.4 Å². The van der Waals surface area contributed by atoms with Gasteiger partial charge in [-0.2, -0.15) is 0 Å². The summed E-state index contributed by atoms with van der Waals surface area (Å²) in [5.74, 6) is 0.574. The molecule has 0 aliphatic heterocycles. The summed E-state index contributed by atoms with van der Waals surface area (Å²) in [7, 11) is 0. The first kappa shape index (κ1) is 26.1. The van der Waals surface area contributed by atoms with Crippen molar-refractivity contribution in [1.82, 2.24) is 9.97 Å². The van der Waals surface area contributed by atoms with Gasteiger partial charge in [0.15, 0.2) is 5.82 Å². The molecule has 0 saturated heterocycles. The summed E-state index contributed by atoms with van der Waals surface area (Å²) in [5, 5.41) is 0. The number of hydrogen-bond acceptors (Lipinski definition) is 2. The van der Waals surface area contributed by atoms with Crippen molar-refractivity contribution in [2.75, 3.05) is 0 Å². The van der Waals surface area contributed by atoms with E-state index in [1.807, 2.05) is 42.7 Å². The van der Waals surface area contributed by atoms with E-state index in [1.54, 1.807) is 6.07 Å². The number of rotatable bonds is 15. The molecule has 3 rings (SSSR count). The Bertz CT molecular complexity index is 964. The molecule has 0 amide bonds. The smallest absolute Gasteiger partial charge is 0.159 e. The molecule has 3 aromatic rings.